The lowest BCUT2D eigenvalue weighted by atomic mass is 10.1. The molecular weight excluding hydrogens is 366 g/mol. The first-order valence-corrected chi connectivity index (χ1v) is 9.87. The number of aromatic nitrogens is 3. The second-order valence-electron chi connectivity index (χ2n) is 8.01. The van der Waals surface area contributed by atoms with Crippen molar-refractivity contribution in [3.05, 3.63) is 58.8 Å². The van der Waals surface area contributed by atoms with Crippen molar-refractivity contribution in [1.82, 2.24) is 19.7 Å². The minimum atomic E-state index is -0.392. The summed E-state index contributed by atoms with van der Waals surface area (Å²) in [5, 5.41) is 4.41. The van der Waals surface area contributed by atoms with Gasteiger partial charge in [-0.25, -0.2) is 14.8 Å². The van der Waals surface area contributed by atoms with Gasteiger partial charge in [0, 0.05) is 60.9 Å². The molecule has 1 N–H and O–H groups in total. The molecule has 1 aliphatic heterocycles. The van der Waals surface area contributed by atoms with E-state index < -0.39 is 5.63 Å². The number of hydrogen-bond acceptors (Lipinski definition) is 6. The van der Waals surface area contributed by atoms with Crippen LogP contribution in [-0.4, -0.2) is 39.5 Å². The SMILES string of the molecule is Cc1cnc2nc(-c3cc4ccc(N5C[C@@H](C)N[C@@H](C)C5)cc4oc3=O)cn2c1. The van der Waals surface area contributed by atoms with Gasteiger partial charge in [0.1, 0.15) is 5.58 Å². The summed E-state index contributed by atoms with van der Waals surface area (Å²) in [4.78, 5) is 23.8. The number of hydrogen-bond donors (Lipinski definition) is 1. The van der Waals surface area contributed by atoms with Crippen LogP contribution in [0.1, 0.15) is 19.4 Å². The minimum Gasteiger partial charge on any atom is -0.422 e. The highest BCUT2D eigenvalue weighted by atomic mass is 16.4. The average Bonchev–Trinajstić information content (AvgIpc) is 3.09. The van der Waals surface area contributed by atoms with Crippen LogP contribution in [0.15, 0.2) is 52.1 Å². The molecule has 29 heavy (non-hydrogen) atoms. The van der Waals surface area contributed by atoms with Crippen molar-refractivity contribution in [2.75, 3.05) is 18.0 Å². The van der Waals surface area contributed by atoms with Crippen LogP contribution in [0.5, 0.6) is 0 Å². The molecule has 0 unspecified atom stereocenters. The van der Waals surface area contributed by atoms with Gasteiger partial charge in [0.2, 0.25) is 5.78 Å². The van der Waals surface area contributed by atoms with E-state index in [1.807, 2.05) is 41.9 Å². The Hall–Kier alpha value is -3.19. The topological polar surface area (TPSA) is 75.7 Å². The predicted molar refractivity (Wildman–Crippen MR) is 113 cm³/mol. The second kappa shape index (κ2) is 6.70. The third-order valence-corrected chi connectivity index (χ3v) is 5.36. The van der Waals surface area contributed by atoms with Crippen molar-refractivity contribution < 1.29 is 4.42 Å². The van der Waals surface area contributed by atoms with Crippen LogP contribution in [0.3, 0.4) is 0 Å². The average molecular weight is 389 g/mol. The number of benzene rings is 1. The maximum Gasteiger partial charge on any atom is 0.345 e. The molecule has 0 bridgehead atoms. The first-order chi connectivity index (χ1) is 14.0. The van der Waals surface area contributed by atoms with Crippen LogP contribution in [-0.2, 0) is 0 Å². The number of fused-ring (bicyclic) bond motifs is 2. The fourth-order valence-electron chi connectivity index (χ4n) is 4.13. The second-order valence-corrected chi connectivity index (χ2v) is 8.01. The monoisotopic (exact) mass is 389 g/mol. The third-order valence-electron chi connectivity index (χ3n) is 5.36. The van der Waals surface area contributed by atoms with Gasteiger partial charge in [0.15, 0.2) is 0 Å². The largest absolute Gasteiger partial charge is 0.422 e. The summed E-state index contributed by atoms with van der Waals surface area (Å²) in [6.07, 6.45) is 5.50. The lowest BCUT2D eigenvalue weighted by molar-refractivity contribution is 0.407. The Balaban J connectivity index is 1.55. The quantitative estimate of drug-likeness (QED) is 0.531. The van der Waals surface area contributed by atoms with E-state index in [4.69, 9.17) is 4.42 Å². The molecule has 0 amide bonds. The first kappa shape index (κ1) is 17.9. The fraction of sp³-hybridized carbons (Fsp3) is 0.318. The van der Waals surface area contributed by atoms with Gasteiger partial charge < -0.3 is 14.6 Å². The Kier molecular flexibility index (Phi) is 4.13. The van der Waals surface area contributed by atoms with Gasteiger partial charge >= 0.3 is 5.63 Å². The van der Waals surface area contributed by atoms with Gasteiger partial charge in [-0.15, -0.1) is 0 Å². The molecule has 4 aromatic rings. The lowest BCUT2D eigenvalue weighted by Crippen LogP contribution is -2.54. The zero-order valence-electron chi connectivity index (χ0n) is 16.7. The van der Waals surface area contributed by atoms with Crippen molar-refractivity contribution in [2.45, 2.75) is 32.9 Å². The van der Waals surface area contributed by atoms with Gasteiger partial charge in [-0.3, -0.25) is 4.40 Å². The van der Waals surface area contributed by atoms with Gasteiger partial charge in [0.25, 0.3) is 0 Å². The number of aryl methyl sites for hydroxylation is 1. The van der Waals surface area contributed by atoms with Crippen molar-refractivity contribution in [1.29, 1.82) is 0 Å². The molecule has 3 aromatic heterocycles. The van der Waals surface area contributed by atoms with Crippen LogP contribution in [0.25, 0.3) is 28.0 Å². The molecule has 148 valence electrons. The Labute approximate surface area is 168 Å². The number of nitrogens with zero attached hydrogens (tertiary/aromatic N) is 4. The van der Waals surface area contributed by atoms with Crippen molar-refractivity contribution >= 4 is 22.4 Å². The maximum absolute atomic E-state index is 12.7. The molecule has 5 rings (SSSR count). The van der Waals surface area contributed by atoms with E-state index in [0.29, 0.717) is 34.7 Å². The summed E-state index contributed by atoms with van der Waals surface area (Å²) >= 11 is 0. The minimum absolute atomic E-state index is 0.392. The number of imidazole rings is 1. The summed E-state index contributed by atoms with van der Waals surface area (Å²) in [5.41, 5.74) is 3.30. The summed E-state index contributed by atoms with van der Waals surface area (Å²) in [7, 11) is 0. The van der Waals surface area contributed by atoms with Crippen LogP contribution in [0.4, 0.5) is 5.69 Å². The zero-order chi connectivity index (χ0) is 20.1. The molecule has 1 saturated heterocycles. The smallest absolute Gasteiger partial charge is 0.345 e. The van der Waals surface area contributed by atoms with E-state index in [1.165, 1.54) is 0 Å². The number of rotatable bonds is 2. The van der Waals surface area contributed by atoms with Gasteiger partial charge in [-0.1, -0.05) is 0 Å². The molecule has 0 radical (unpaired) electrons. The van der Waals surface area contributed by atoms with Gasteiger partial charge in [0.05, 0.1) is 11.3 Å². The van der Waals surface area contributed by atoms with E-state index >= 15 is 0 Å². The van der Waals surface area contributed by atoms with Crippen molar-refractivity contribution in [3.63, 3.8) is 0 Å². The molecule has 7 heteroatoms. The molecule has 7 nitrogen and oxygen atoms in total. The maximum atomic E-state index is 12.7. The highest BCUT2D eigenvalue weighted by molar-refractivity contribution is 5.84. The molecule has 1 fully saturated rings. The van der Waals surface area contributed by atoms with Crippen LogP contribution in [0.2, 0.25) is 0 Å². The normalized spacial score (nSPS) is 19.9. The third kappa shape index (κ3) is 3.27. The van der Waals surface area contributed by atoms with Crippen molar-refractivity contribution in [2.24, 2.45) is 0 Å². The van der Waals surface area contributed by atoms with Crippen LogP contribution >= 0.6 is 0 Å². The van der Waals surface area contributed by atoms with Crippen LogP contribution in [0, 0.1) is 6.92 Å². The summed E-state index contributed by atoms with van der Waals surface area (Å²) in [5.74, 6) is 0.558. The lowest BCUT2D eigenvalue weighted by Gasteiger charge is -2.37. The number of piperazine rings is 1. The van der Waals surface area contributed by atoms with E-state index in [0.717, 1.165) is 29.7 Å². The van der Waals surface area contributed by atoms with E-state index in [2.05, 4.69) is 40.1 Å². The first-order valence-electron chi connectivity index (χ1n) is 9.87. The molecular formula is C22H23N5O2. The predicted octanol–water partition coefficient (Wildman–Crippen LogP) is 3.00. The molecule has 1 aliphatic rings. The summed E-state index contributed by atoms with van der Waals surface area (Å²) in [6, 6.07) is 8.73. The number of anilines is 1. The van der Waals surface area contributed by atoms with Gasteiger partial charge in [-0.2, -0.15) is 0 Å². The molecule has 0 saturated carbocycles. The summed E-state index contributed by atoms with van der Waals surface area (Å²) in [6.45, 7) is 8.17. The summed E-state index contributed by atoms with van der Waals surface area (Å²) < 4.78 is 7.51. The van der Waals surface area contributed by atoms with Crippen molar-refractivity contribution in [3.8, 4) is 11.3 Å². The zero-order valence-corrected chi connectivity index (χ0v) is 16.7. The molecule has 0 spiro atoms. The van der Waals surface area contributed by atoms with E-state index in [-0.39, 0.29) is 0 Å². The molecule has 4 heterocycles. The standard InChI is InChI=1S/C22H23N5O2/c1-13-8-23-22-25-19(12-27(22)9-13)18-6-16-4-5-17(7-20(16)29-21(18)28)26-10-14(2)24-15(3)11-26/h4-9,12,14-15,24H,10-11H2,1-3H3/t14-,15+. The van der Waals surface area contributed by atoms with E-state index in [1.54, 1.807) is 6.20 Å². The molecule has 0 aliphatic carbocycles. The fourth-order valence-corrected chi connectivity index (χ4v) is 4.13. The Bertz CT molecular complexity index is 1270. The Morgan fingerprint density at radius 3 is 2.72 bits per heavy atom. The van der Waals surface area contributed by atoms with Gasteiger partial charge in [-0.05, 0) is 44.5 Å². The molecule has 2 atom stereocenters. The van der Waals surface area contributed by atoms with Crippen LogP contribution < -0.4 is 15.8 Å². The highest BCUT2D eigenvalue weighted by Crippen LogP contribution is 2.26. The van der Waals surface area contributed by atoms with E-state index in [9.17, 15) is 4.79 Å². The highest BCUT2D eigenvalue weighted by Gasteiger charge is 2.21. The Morgan fingerprint density at radius 2 is 1.93 bits per heavy atom. The Morgan fingerprint density at radius 1 is 1.14 bits per heavy atom. The number of nitrogens with one attached hydrogen (secondary N) is 1. The molecule has 1 aromatic carbocycles.